The molecule has 0 saturated heterocycles. The van der Waals surface area contributed by atoms with E-state index in [1.807, 2.05) is 11.8 Å². The van der Waals surface area contributed by atoms with Gasteiger partial charge < -0.3 is 5.32 Å². The molecule has 0 fully saturated rings. The topological polar surface area (TPSA) is 24.4 Å². The molecule has 0 spiro atoms. The molecular weight excluding hydrogens is 216 g/mol. The first-order chi connectivity index (χ1) is 7.65. The number of nitrogens with zero attached hydrogens (tertiary/aromatic N) is 1. The summed E-state index contributed by atoms with van der Waals surface area (Å²) in [6, 6.07) is 0.562. The van der Waals surface area contributed by atoms with Gasteiger partial charge in [-0.2, -0.15) is 0 Å². The van der Waals surface area contributed by atoms with Gasteiger partial charge >= 0.3 is 0 Å². The van der Waals surface area contributed by atoms with E-state index < -0.39 is 0 Å². The highest BCUT2D eigenvalue weighted by Crippen LogP contribution is 2.34. The van der Waals surface area contributed by atoms with Crippen LogP contribution in [0.4, 0.5) is 0 Å². The molecular formula is C13H26N2S. The highest BCUT2D eigenvalue weighted by atomic mass is 32.2. The number of rotatable bonds is 5. The van der Waals surface area contributed by atoms with Crippen LogP contribution in [-0.2, 0) is 0 Å². The third-order valence-electron chi connectivity index (χ3n) is 3.66. The van der Waals surface area contributed by atoms with Gasteiger partial charge in [-0.15, -0.1) is 0 Å². The Morgan fingerprint density at radius 1 is 1.38 bits per heavy atom. The van der Waals surface area contributed by atoms with Gasteiger partial charge in [0, 0.05) is 18.3 Å². The normalized spacial score (nSPS) is 21.4. The Hall–Kier alpha value is -0.180. The fourth-order valence-electron chi connectivity index (χ4n) is 2.03. The molecule has 16 heavy (non-hydrogen) atoms. The third kappa shape index (κ3) is 3.69. The van der Waals surface area contributed by atoms with Crippen molar-refractivity contribution in [3.05, 3.63) is 0 Å². The molecule has 0 aromatic heterocycles. The summed E-state index contributed by atoms with van der Waals surface area (Å²) in [4.78, 5) is 4.72. The van der Waals surface area contributed by atoms with E-state index in [1.54, 1.807) is 0 Å². The Kier molecular flexibility index (Phi) is 5.67. The van der Waals surface area contributed by atoms with Crippen LogP contribution in [-0.4, -0.2) is 23.5 Å². The second-order valence-electron chi connectivity index (χ2n) is 4.95. The summed E-state index contributed by atoms with van der Waals surface area (Å²) in [6.45, 7) is 10.1. The third-order valence-corrected chi connectivity index (χ3v) is 4.94. The van der Waals surface area contributed by atoms with Gasteiger partial charge in [0.1, 0.15) is 0 Å². The Bertz CT molecular complexity index is 234. The van der Waals surface area contributed by atoms with Crippen molar-refractivity contribution in [2.75, 3.05) is 12.3 Å². The SMILES string of the molecule is CCCC(C)NC1=NCC(CC)(CC)CS1. The van der Waals surface area contributed by atoms with E-state index in [2.05, 4.69) is 33.0 Å². The minimum absolute atomic E-state index is 0.462. The maximum Gasteiger partial charge on any atom is 0.156 e. The predicted molar refractivity (Wildman–Crippen MR) is 75.3 cm³/mol. The van der Waals surface area contributed by atoms with Crippen LogP contribution in [0.2, 0.25) is 0 Å². The molecule has 1 rings (SSSR count). The number of hydrogen-bond acceptors (Lipinski definition) is 3. The van der Waals surface area contributed by atoms with Gasteiger partial charge in [-0.1, -0.05) is 39.0 Å². The molecule has 0 aliphatic carbocycles. The molecule has 3 heteroatoms. The maximum atomic E-state index is 4.72. The molecule has 0 radical (unpaired) electrons. The van der Waals surface area contributed by atoms with Crippen LogP contribution in [0, 0.1) is 5.41 Å². The van der Waals surface area contributed by atoms with Crippen molar-refractivity contribution in [3.8, 4) is 0 Å². The molecule has 1 aliphatic rings. The molecule has 1 unspecified atom stereocenters. The van der Waals surface area contributed by atoms with Gasteiger partial charge in [-0.3, -0.25) is 4.99 Å². The van der Waals surface area contributed by atoms with Crippen LogP contribution < -0.4 is 5.32 Å². The van der Waals surface area contributed by atoms with Gasteiger partial charge in [-0.05, 0) is 31.6 Å². The summed E-state index contributed by atoms with van der Waals surface area (Å²) >= 11 is 1.91. The van der Waals surface area contributed by atoms with Crippen LogP contribution in [0.15, 0.2) is 4.99 Å². The maximum absolute atomic E-state index is 4.72. The summed E-state index contributed by atoms with van der Waals surface area (Å²) in [6.07, 6.45) is 4.96. The second kappa shape index (κ2) is 6.53. The van der Waals surface area contributed by atoms with Crippen molar-refractivity contribution >= 4 is 16.9 Å². The van der Waals surface area contributed by atoms with Gasteiger partial charge in [0.15, 0.2) is 5.17 Å². The fraction of sp³-hybridized carbons (Fsp3) is 0.923. The van der Waals surface area contributed by atoms with Crippen molar-refractivity contribution in [3.63, 3.8) is 0 Å². The first-order valence-corrected chi connectivity index (χ1v) is 7.58. The smallest absolute Gasteiger partial charge is 0.156 e. The van der Waals surface area contributed by atoms with Crippen LogP contribution in [0.3, 0.4) is 0 Å². The lowest BCUT2D eigenvalue weighted by Crippen LogP contribution is -2.37. The molecule has 94 valence electrons. The number of nitrogens with one attached hydrogen (secondary N) is 1. The first kappa shape index (κ1) is 13.9. The Morgan fingerprint density at radius 3 is 2.50 bits per heavy atom. The standard InChI is InChI=1S/C13H26N2S/c1-5-8-11(4)15-12-14-9-13(6-2,7-3)10-16-12/h11H,5-10H2,1-4H3,(H,14,15). The molecule has 0 amide bonds. The summed E-state index contributed by atoms with van der Waals surface area (Å²) in [5.41, 5.74) is 0.462. The number of thioether (sulfide) groups is 1. The molecule has 0 saturated carbocycles. The quantitative estimate of drug-likeness (QED) is 0.795. The number of amidine groups is 1. The molecule has 1 N–H and O–H groups in total. The van der Waals surface area contributed by atoms with Crippen LogP contribution in [0.25, 0.3) is 0 Å². The number of hydrogen-bond donors (Lipinski definition) is 1. The average Bonchev–Trinajstić information content (AvgIpc) is 2.31. The van der Waals surface area contributed by atoms with Gasteiger partial charge in [-0.25, -0.2) is 0 Å². The zero-order valence-corrected chi connectivity index (χ0v) is 12.0. The monoisotopic (exact) mass is 242 g/mol. The van der Waals surface area contributed by atoms with Gasteiger partial charge in [0.05, 0.1) is 0 Å². The Labute approximate surface area is 105 Å². The molecule has 0 aromatic rings. The van der Waals surface area contributed by atoms with Crippen molar-refractivity contribution in [2.24, 2.45) is 10.4 Å². The summed E-state index contributed by atoms with van der Waals surface area (Å²) in [5.74, 6) is 1.23. The van der Waals surface area contributed by atoms with Crippen LogP contribution in [0.5, 0.6) is 0 Å². The predicted octanol–water partition coefficient (Wildman–Crippen LogP) is 3.67. The Balaban J connectivity index is 2.46. The van der Waals surface area contributed by atoms with E-state index in [0.29, 0.717) is 11.5 Å². The molecule has 1 atom stereocenters. The highest BCUT2D eigenvalue weighted by Gasteiger charge is 2.30. The summed E-state index contributed by atoms with van der Waals surface area (Å²) in [7, 11) is 0. The lowest BCUT2D eigenvalue weighted by molar-refractivity contribution is 0.318. The summed E-state index contributed by atoms with van der Waals surface area (Å²) in [5, 5.41) is 4.68. The minimum atomic E-state index is 0.462. The van der Waals surface area contributed by atoms with E-state index in [9.17, 15) is 0 Å². The minimum Gasteiger partial charge on any atom is -0.362 e. The lowest BCUT2D eigenvalue weighted by Gasteiger charge is -2.34. The van der Waals surface area contributed by atoms with E-state index >= 15 is 0 Å². The van der Waals surface area contributed by atoms with E-state index in [1.165, 1.54) is 36.6 Å². The molecule has 1 aliphatic heterocycles. The van der Waals surface area contributed by atoms with Crippen molar-refractivity contribution in [1.82, 2.24) is 5.32 Å². The summed E-state index contributed by atoms with van der Waals surface area (Å²) < 4.78 is 0. The molecule has 0 aromatic carbocycles. The van der Waals surface area contributed by atoms with E-state index in [0.717, 1.165) is 6.54 Å². The largest absolute Gasteiger partial charge is 0.362 e. The van der Waals surface area contributed by atoms with Crippen molar-refractivity contribution in [1.29, 1.82) is 0 Å². The lowest BCUT2D eigenvalue weighted by atomic mass is 9.84. The van der Waals surface area contributed by atoms with Crippen LogP contribution in [0.1, 0.15) is 53.4 Å². The van der Waals surface area contributed by atoms with E-state index in [4.69, 9.17) is 4.99 Å². The molecule has 2 nitrogen and oxygen atoms in total. The molecule has 1 heterocycles. The first-order valence-electron chi connectivity index (χ1n) is 6.59. The zero-order chi connectivity index (χ0) is 12.0. The fourth-order valence-corrected chi connectivity index (χ4v) is 3.42. The van der Waals surface area contributed by atoms with Crippen LogP contribution >= 0.6 is 11.8 Å². The number of aliphatic imine (C=N–C) groups is 1. The van der Waals surface area contributed by atoms with Crippen molar-refractivity contribution < 1.29 is 0 Å². The zero-order valence-electron chi connectivity index (χ0n) is 11.2. The molecule has 0 bridgehead atoms. The van der Waals surface area contributed by atoms with Crippen molar-refractivity contribution in [2.45, 2.75) is 59.4 Å². The second-order valence-corrected chi connectivity index (χ2v) is 5.92. The average molecular weight is 242 g/mol. The highest BCUT2D eigenvalue weighted by molar-refractivity contribution is 8.13. The van der Waals surface area contributed by atoms with E-state index in [-0.39, 0.29) is 0 Å². The Morgan fingerprint density at radius 2 is 2.06 bits per heavy atom. The van der Waals surface area contributed by atoms with Gasteiger partial charge in [0.25, 0.3) is 0 Å². The van der Waals surface area contributed by atoms with Gasteiger partial charge in [0.2, 0.25) is 0 Å².